The molecule has 1 aliphatic carbocycles. The monoisotopic (exact) mass is 365 g/mol. The van der Waals surface area contributed by atoms with Crippen LogP contribution in [0.25, 0.3) is 0 Å². The van der Waals surface area contributed by atoms with Crippen molar-refractivity contribution in [3.63, 3.8) is 0 Å². The Bertz CT molecular complexity index is 645. The summed E-state index contributed by atoms with van der Waals surface area (Å²) in [7, 11) is 4.37. The summed E-state index contributed by atoms with van der Waals surface area (Å²) in [5, 5.41) is 2.95. The molecule has 1 fully saturated rings. The van der Waals surface area contributed by atoms with Gasteiger partial charge in [0.25, 0.3) is 5.91 Å². The quantitative estimate of drug-likeness (QED) is 0.748. The summed E-state index contributed by atoms with van der Waals surface area (Å²) in [4.78, 5) is 24.5. The lowest BCUT2D eigenvalue weighted by molar-refractivity contribution is -0.125. The van der Waals surface area contributed by atoms with E-state index >= 15 is 0 Å². The van der Waals surface area contributed by atoms with Crippen LogP contribution in [0.5, 0.6) is 17.2 Å². The Hall–Kier alpha value is -2.44. The van der Waals surface area contributed by atoms with Crippen molar-refractivity contribution in [2.75, 3.05) is 27.9 Å². The standard InChI is InChI=1S/C19H27NO6/c1-12-7-5-6-8-14(12)20-16(21)11-26-19(22)13-9-10-15(23-2)18(25-4)17(13)24-3/h9-10,12,14H,5-8,11H2,1-4H3,(H,20,21)/t12-,14+/m1/s1. The van der Waals surface area contributed by atoms with Gasteiger partial charge in [-0.05, 0) is 30.9 Å². The second-order valence-corrected chi connectivity index (χ2v) is 6.39. The van der Waals surface area contributed by atoms with Gasteiger partial charge in [-0.25, -0.2) is 4.79 Å². The number of carbonyl (C=O) groups is 2. The minimum absolute atomic E-state index is 0.144. The van der Waals surface area contributed by atoms with Gasteiger partial charge in [-0.2, -0.15) is 0 Å². The van der Waals surface area contributed by atoms with Gasteiger partial charge >= 0.3 is 5.97 Å². The number of rotatable bonds is 7. The second-order valence-electron chi connectivity index (χ2n) is 6.39. The van der Waals surface area contributed by atoms with Crippen LogP contribution in [0.2, 0.25) is 0 Å². The fraction of sp³-hybridized carbons (Fsp3) is 0.579. The van der Waals surface area contributed by atoms with Crippen molar-refractivity contribution in [1.82, 2.24) is 5.32 Å². The zero-order chi connectivity index (χ0) is 19.1. The van der Waals surface area contributed by atoms with Gasteiger partial charge in [-0.3, -0.25) is 4.79 Å². The van der Waals surface area contributed by atoms with Gasteiger partial charge < -0.3 is 24.3 Å². The van der Waals surface area contributed by atoms with Crippen molar-refractivity contribution in [1.29, 1.82) is 0 Å². The number of hydrogen-bond acceptors (Lipinski definition) is 6. The van der Waals surface area contributed by atoms with E-state index < -0.39 is 5.97 Å². The average molecular weight is 365 g/mol. The molecule has 1 aliphatic rings. The summed E-state index contributed by atoms with van der Waals surface area (Å²) in [5.41, 5.74) is 0.170. The first-order chi connectivity index (χ1) is 12.5. The molecule has 7 heteroatoms. The van der Waals surface area contributed by atoms with Crippen molar-refractivity contribution >= 4 is 11.9 Å². The van der Waals surface area contributed by atoms with Crippen molar-refractivity contribution in [3.8, 4) is 17.2 Å². The topological polar surface area (TPSA) is 83.1 Å². The lowest BCUT2D eigenvalue weighted by atomic mass is 9.86. The van der Waals surface area contributed by atoms with E-state index in [1.54, 1.807) is 6.07 Å². The first-order valence-corrected chi connectivity index (χ1v) is 8.77. The van der Waals surface area contributed by atoms with Gasteiger partial charge in [-0.15, -0.1) is 0 Å². The van der Waals surface area contributed by atoms with Gasteiger partial charge in [0.15, 0.2) is 18.1 Å². The molecule has 0 aliphatic heterocycles. The van der Waals surface area contributed by atoms with Crippen LogP contribution in [0.3, 0.4) is 0 Å². The van der Waals surface area contributed by atoms with E-state index in [0.717, 1.165) is 19.3 Å². The van der Waals surface area contributed by atoms with Crippen molar-refractivity contribution in [3.05, 3.63) is 17.7 Å². The van der Waals surface area contributed by atoms with Crippen LogP contribution in [0, 0.1) is 5.92 Å². The summed E-state index contributed by atoms with van der Waals surface area (Å²) >= 11 is 0. The molecule has 0 heterocycles. The molecule has 7 nitrogen and oxygen atoms in total. The largest absolute Gasteiger partial charge is 0.493 e. The molecule has 1 saturated carbocycles. The summed E-state index contributed by atoms with van der Waals surface area (Å²) in [6, 6.07) is 3.25. The smallest absolute Gasteiger partial charge is 0.342 e. The van der Waals surface area contributed by atoms with Crippen LogP contribution in [-0.2, 0) is 9.53 Å². The molecule has 1 aromatic carbocycles. The molecule has 2 rings (SSSR count). The molecular formula is C19H27NO6. The van der Waals surface area contributed by atoms with Gasteiger partial charge in [-0.1, -0.05) is 19.8 Å². The maximum absolute atomic E-state index is 12.4. The summed E-state index contributed by atoms with van der Waals surface area (Å²) in [5.74, 6) is 0.425. The number of hydrogen-bond donors (Lipinski definition) is 1. The zero-order valence-corrected chi connectivity index (χ0v) is 15.8. The van der Waals surface area contributed by atoms with Crippen LogP contribution < -0.4 is 19.5 Å². The molecule has 0 radical (unpaired) electrons. The maximum atomic E-state index is 12.4. The molecule has 0 saturated heterocycles. The first-order valence-electron chi connectivity index (χ1n) is 8.77. The predicted octanol–water partition coefficient (Wildman–Crippen LogP) is 2.56. The Kier molecular flexibility index (Phi) is 7.12. The fourth-order valence-electron chi connectivity index (χ4n) is 3.25. The van der Waals surface area contributed by atoms with E-state index in [0.29, 0.717) is 17.4 Å². The molecule has 2 atom stereocenters. The highest BCUT2D eigenvalue weighted by atomic mass is 16.5. The van der Waals surface area contributed by atoms with Crippen LogP contribution >= 0.6 is 0 Å². The third-order valence-electron chi connectivity index (χ3n) is 4.72. The Morgan fingerprint density at radius 2 is 1.73 bits per heavy atom. The van der Waals surface area contributed by atoms with E-state index in [1.165, 1.54) is 33.8 Å². The minimum atomic E-state index is -0.658. The maximum Gasteiger partial charge on any atom is 0.342 e. The SMILES string of the molecule is COc1ccc(C(=O)OCC(=O)N[C@H]2CCCC[C@H]2C)c(OC)c1OC. The number of carbonyl (C=O) groups excluding carboxylic acids is 2. The van der Waals surface area contributed by atoms with Gasteiger partial charge in [0.05, 0.1) is 21.3 Å². The Labute approximate surface area is 153 Å². The lowest BCUT2D eigenvalue weighted by Gasteiger charge is -2.29. The van der Waals surface area contributed by atoms with E-state index in [-0.39, 0.29) is 29.9 Å². The molecular weight excluding hydrogens is 338 g/mol. The number of methoxy groups -OCH3 is 3. The molecule has 0 unspecified atom stereocenters. The predicted molar refractivity (Wildman–Crippen MR) is 95.9 cm³/mol. The van der Waals surface area contributed by atoms with Crippen LogP contribution in [0.15, 0.2) is 12.1 Å². The third-order valence-corrected chi connectivity index (χ3v) is 4.72. The third kappa shape index (κ3) is 4.59. The van der Waals surface area contributed by atoms with Crippen LogP contribution in [0.1, 0.15) is 43.0 Å². The van der Waals surface area contributed by atoms with E-state index in [4.69, 9.17) is 18.9 Å². The number of nitrogens with one attached hydrogen (secondary N) is 1. The molecule has 0 bridgehead atoms. The molecule has 26 heavy (non-hydrogen) atoms. The summed E-state index contributed by atoms with van der Waals surface area (Å²) < 4.78 is 20.9. The Balaban J connectivity index is 2.00. The fourth-order valence-corrected chi connectivity index (χ4v) is 3.25. The number of esters is 1. The molecule has 1 N–H and O–H groups in total. The first kappa shape index (κ1) is 19.9. The highest BCUT2D eigenvalue weighted by Crippen LogP contribution is 2.39. The Morgan fingerprint density at radius 1 is 1.04 bits per heavy atom. The van der Waals surface area contributed by atoms with Crippen LogP contribution in [-0.4, -0.2) is 45.9 Å². The van der Waals surface area contributed by atoms with Gasteiger partial charge in [0.2, 0.25) is 5.75 Å². The minimum Gasteiger partial charge on any atom is -0.493 e. The summed E-state index contributed by atoms with van der Waals surface area (Å²) in [6.07, 6.45) is 4.37. The normalized spacial score (nSPS) is 19.4. The molecule has 0 aromatic heterocycles. The molecule has 1 aromatic rings. The van der Waals surface area contributed by atoms with Crippen molar-refractivity contribution in [2.24, 2.45) is 5.92 Å². The molecule has 0 spiro atoms. The van der Waals surface area contributed by atoms with E-state index in [9.17, 15) is 9.59 Å². The Morgan fingerprint density at radius 3 is 2.35 bits per heavy atom. The van der Waals surface area contributed by atoms with Crippen molar-refractivity contribution < 1.29 is 28.5 Å². The second kappa shape index (κ2) is 9.31. The number of amides is 1. The average Bonchev–Trinajstić information content (AvgIpc) is 2.66. The van der Waals surface area contributed by atoms with Gasteiger partial charge in [0.1, 0.15) is 5.56 Å². The number of ether oxygens (including phenoxy) is 4. The summed E-state index contributed by atoms with van der Waals surface area (Å²) in [6.45, 7) is 1.80. The zero-order valence-electron chi connectivity index (χ0n) is 15.8. The van der Waals surface area contributed by atoms with E-state index in [1.807, 2.05) is 0 Å². The van der Waals surface area contributed by atoms with Gasteiger partial charge in [0, 0.05) is 6.04 Å². The lowest BCUT2D eigenvalue weighted by Crippen LogP contribution is -2.42. The van der Waals surface area contributed by atoms with E-state index in [2.05, 4.69) is 12.2 Å². The molecule has 1 amide bonds. The van der Waals surface area contributed by atoms with Crippen LogP contribution in [0.4, 0.5) is 0 Å². The van der Waals surface area contributed by atoms with Crippen molar-refractivity contribution in [2.45, 2.75) is 38.6 Å². The number of benzene rings is 1. The highest BCUT2D eigenvalue weighted by Gasteiger charge is 2.25. The molecule has 144 valence electrons. The highest BCUT2D eigenvalue weighted by molar-refractivity contribution is 5.95.